The minimum Gasteiger partial charge on any atom is -0.482 e. The second-order valence-corrected chi connectivity index (χ2v) is 6.27. The lowest BCUT2D eigenvalue weighted by Gasteiger charge is -2.18. The van der Waals surface area contributed by atoms with E-state index in [1.54, 1.807) is 37.3 Å². The Morgan fingerprint density at radius 3 is 2.78 bits per heavy atom. The highest BCUT2D eigenvalue weighted by molar-refractivity contribution is 6.30. The molecule has 27 heavy (non-hydrogen) atoms. The number of amides is 1. The van der Waals surface area contributed by atoms with Crippen molar-refractivity contribution >= 4 is 34.9 Å². The number of carbonyl (C=O) groups is 3. The number of ether oxygens (including phenoxy) is 3. The van der Waals surface area contributed by atoms with Crippen LogP contribution in [0.15, 0.2) is 36.4 Å². The van der Waals surface area contributed by atoms with Gasteiger partial charge in [0.2, 0.25) is 0 Å². The molecule has 2 aromatic carbocycles. The lowest BCUT2D eigenvalue weighted by molar-refractivity contribution is -0.144. The van der Waals surface area contributed by atoms with Crippen molar-refractivity contribution < 1.29 is 28.6 Å². The smallest absolute Gasteiger partial charge is 0.344 e. The molecule has 1 heterocycles. The summed E-state index contributed by atoms with van der Waals surface area (Å²) in [6, 6.07) is 9.62. The average molecular weight is 390 g/mol. The van der Waals surface area contributed by atoms with E-state index < -0.39 is 18.4 Å². The Hall–Kier alpha value is -3.06. The van der Waals surface area contributed by atoms with E-state index in [0.717, 1.165) is 5.56 Å². The van der Waals surface area contributed by atoms with Gasteiger partial charge in [-0.3, -0.25) is 9.59 Å². The van der Waals surface area contributed by atoms with Gasteiger partial charge in [-0.05, 0) is 48.9 Å². The standard InChI is InChI=1S/C19H16ClNO6/c1-11-6-13(20)3-5-16(11)26-10-19(24)27-8-15(22)12-2-4-17-14(7-12)21-18(23)9-25-17/h2-7H,8-10H2,1H3,(H,21,23). The fourth-order valence-electron chi connectivity index (χ4n) is 2.44. The highest BCUT2D eigenvalue weighted by Crippen LogP contribution is 2.28. The number of anilines is 1. The van der Waals surface area contributed by atoms with Crippen LogP contribution >= 0.6 is 11.6 Å². The van der Waals surface area contributed by atoms with E-state index in [4.69, 9.17) is 25.8 Å². The van der Waals surface area contributed by atoms with Gasteiger partial charge in [-0.2, -0.15) is 0 Å². The van der Waals surface area contributed by atoms with Gasteiger partial charge in [0, 0.05) is 10.6 Å². The number of hydrogen-bond donors (Lipinski definition) is 1. The van der Waals surface area contributed by atoms with Gasteiger partial charge >= 0.3 is 5.97 Å². The van der Waals surface area contributed by atoms with E-state index >= 15 is 0 Å². The Balaban J connectivity index is 1.52. The second kappa shape index (κ2) is 8.09. The van der Waals surface area contributed by atoms with E-state index in [9.17, 15) is 14.4 Å². The fourth-order valence-corrected chi connectivity index (χ4v) is 2.67. The van der Waals surface area contributed by atoms with Crippen molar-refractivity contribution in [2.24, 2.45) is 0 Å². The molecule has 0 radical (unpaired) electrons. The van der Waals surface area contributed by atoms with Gasteiger partial charge in [-0.25, -0.2) is 4.79 Å². The molecule has 0 spiro atoms. The van der Waals surface area contributed by atoms with Crippen LogP contribution in [-0.2, 0) is 14.3 Å². The van der Waals surface area contributed by atoms with E-state index in [1.807, 2.05) is 0 Å². The third kappa shape index (κ3) is 4.77. The van der Waals surface area contributed by atoms with Crippen molar-refractivity contribution in [3.05, 3.63) is 52.5 Å². The number of halogens is 1. The Bertz CT molecular complexity index is 911. The van der Waals surface area contributed by atoms with Gasteiger partial charge in [0.05, 0.1) is 5.69 Å². The molecule has 0 aromatic heterocycles. The van der Waals surface area contributed by atoms with Crippen molar-refractivity contribution in [3.63, 3.8) is 0 Å². The summed E-state index contributed by atoms with van der Waals surface area (Å²) < 4.78 is 15.5. The molecule has 0 aliphatic carbocycles. The topological polar surface area (TPSA) is 90.9 Å². The van der Waals surface area contributed by atoms with Gasteiger partial charge in [0.15, 0.2) is 25.6 Å². The molecule has 0 fully saturated rings. The summed E-state index contributed by atoms with van der Waals surface area (Å²) >= 11 is 5.86. The number of hydrogen-bond acceptors (Lipinski definition) is 6. The molecule has 1 aliphatic rings. The second-order valence-electron chi connectivity index (χ2n) is 5.83. The Morgan fingerprint density at radius 1 is 1.19 bits per heavy atom. The maximum absolute atomic E-state index is 12.2. The van der Waals surface area contributed by atoms with Crippen LogP contribution < -0.4 is 14.8 Å². The molecule has 0 saturated heterocycles. The molecule has 1 aliphatic heterocycles. The monoisotopic (exact) mass is 389 g/mol. The van der Waals surface area contributed by atoms with Crippen LogP contribution in [0, 0.1) is 6.92 Å². The Labute approximate surface area is 160 Å². The number of nitrogens with one attached hydrogen (secondary N) is 1. The van der Waals surface area contributed by atoms with E-state index in [-0.39, 0.29) is 19.1 Å². The molecule has 0 unspecified atom stereocenters. The number of benzene rings is 2. The summed E-state index contributed by atoms with van der Waals surface area (Å²) in [4.78, 5) is 35.3. The summed E-state index contributed by atoms with van der Waals surface area (Å²) in [7, 11) is 0. The molecule has 0 bridgehead atoms. The minimum atomic E-state index is -0.674. The number of Topliss-reactive ketones (excluding diaryl/α,β-unsaturated/α-hetero) is 1. The van der Waals surface area contributed by atoms with E-state index in [2.05, 4.69) is 5.32 Å². The number of rotatable bonds is 6. The quantitative estimate of drug-likeness (QED) is 0.603. The maximum Gasteiger partial charge on any atom is 0.344 e. The first-order valence-corrected chi connectivity index (χ1v) is 8.44. The van der Waals surface area contributed by atoms with Crippen LogP contribution in [0.25, 0.3) is 0 Å². The highest BCUT2D eigenvalue weighted by atomic mass is 35.5. The van der Waals surface area contributed by atoms with Gasteiger partial charge in [0.25, 0.3) is 5.91 Å². The molecule has 1 amide bonds. The molecule has 3 rings (SSSR count). The lowest BCUT2D eigenvalue weighted by Crippen LogP contribution is -2.25. The van der Waals surface area contributed by atoms with Crippen LogP contribution in [0.3, 0.4) is 0 Å². The lowest BCUT2D eigenvalue weighted by atomic mass is 10.1. The van der Waals surface area contributed by atoms with Crippen molar-refractivity contribution in [3.8, 4) is 11.5 Å². The summed E-state index contributed by atoms with van der Waals surface area (Å²) in [6.45, 7) is 0.971. The molecule has 140 valence electrons. The summed E-state index contributed by atoms with van der Waals surface area (Å²) in [6.07, 6.45) is 0. The first kappa shape index (κ1) is 18.7. The summed E-state index contributed by atoms with van der Waals surface area (Å²) in [5.41, 5.74) is 1.48. The molecular weight excluding hydrogens is 374 g/mol. The normalized spacial score (nSPS) is 12.4. The third-order valence-corrected chi connectivity index (χ3v) is 4.02. The van der Waals surface area contributed by atoms with Gasteiger partial charge in [0.1, 0.15) is 11.5 Å². The van der Waals surface area contributed by atoms with Crippen molar-refractivity contribution in [1.29, 1.82) is 0 Å². The Kier molecular flexibility index (Phi) is 5.61. The first-order chi connectivity index (χ1) is 12.9. The van der Waals surface area contributed by atoms with Gasteiger partial charge in [-0.15, -0.1) is 0 Å². The van der Waals surface area contributed by atoms with Gasteiger partial charge in [-0.1, -0.05) is 11.6 Å². The summed E-state index contributed by atoms with van der Waals surface area (Å²) in [5.74, 6) is -0.392. The zero-order valence-electron chi connectivity index (χ0n) is 14.4. The maximum atomic E-state index is 12.2. The predicted molar refractivity (Wildman–Crippen MR) is 97.5 cm³/mol. The van der Waals surface area contributed by atoms with Gasteiger partial charge < -0.3 is 19.5 Å². The van der Waals surface area contributed by atoms with Crippen LogP contribution in [0.1, 0.15) is 15.9 Å². The van der Waals surface area contributed by atoms with Crippen LogP contribution in [0.4, 0.5) is 5.69 Å². The minimum absolute atomic E-state index is 0.0645. The zero-order valence-corrected chi connectivity index (χ0v) is 15.2. The van der Waals surface area contributed by atoms with E-state index in [1.165, 1.54) is 6.07 Å². The number of carbonyl (C=O) groups excluding carboxylic acids is 3. The number of ketones is 1. The van der Waals surface area contributed by atoms with Crippen molar-refractivity contribution in [1.82, 2.24) is 0 Å². The molecule has 1 N–H and O–H groups in total. The van der Waals surface area contributed by atoms with Crippen molar-refractivity contribution in [2.75, 3.05) is 25.1 Å². The predicted octanol–water partition coefficient (Wildman–Crippen LogP) is 2.78. The highest BCUT2D eigenvalue weighted by Gasteiger charge is 2.18. The largest absolute Gasteiger partial charge is 0.482 e. The number of aryl methyl sites for hydroxylation is 1. The summed E-state index contributed by atoms with van der Waals surface area (Å²) in [5, 5.41) is 3.18. The molecule has 0 atom stereocenters. The fraction of sp³-hybridized carbons (Fsp3) is 0.211. The van der Waals surface area contributed by atoms with Crippen LogP contribution in [0.5, 0.6) is 11.5 Å². The number of fused-ring (bicyclic) bond motifs is 1. The Morgan fingerprint density at radius 2 is 2.00 bits per heavy atom. The zero-order chi connectivity index (χ0) is 19.4. The molecular formula is C19H16ClNO6. The van der Waals surface area contributed by atoms with Crippen molar-refractivity contribution in [2.45, 2.75) is 6.92 Å². The molecule has 2 aromatic rings. The van der Waals surface area contributed by atoms with E-state index in [0.29, 0.717) is 27.8 Å². The first-order valence-electron chi connectivity index (χ1n) is 8.07. The molecule has 0 saturated carbocycles. The van der Waals surface area contributed by atoms with Crippen LogP contribution in [0.2, 0.25) is 5.02 Å². The third-order valence-electron chi connectivity index (χ3n) is 3.78. The average Bonchev–Trinajstić information content (AvgIpc) is 2.64. The van der Waals surface area contributed by atoms with Crippen LogP contribution in [-0.4, -0.2) is 37.5 Å². The SMILES string of the molecule is Cc1cc(Cl)ccc1OCC(=O)OCC(=O)c1ccc2c(c1)NC(=O)CO2. The molecule has 8 heteroatoms. The molecule has 7 nitrogen and oxygen atoms in total. The number of esters is 1.